The summed E-state index contributed by atoms with van der Waals surface area (Å²) in [5, 5.41) is 0.101. The molecule has 4 bridgehead atoms. The summed E-state index contributed by atoms with van der Waals surface area (Å²) in [4.78, 5) is 29.4. The van der Waals surface area contributed by atoms with E-state index in [1.165, 1.54) is 50.3 Å². The van der Waals surface area contributed by atoms with E-state index in [9.17, 15) is 4.79 Å². The first-order chi connectivity index (χ1) is 21.2. The molecular weight excluding hydrogens is 690 g/mol. The van der Waals surface area contributed by atoms with Crippen LogP contribution in [0.5, 0.6) is 0 Å². The number of aromatic nitrogens is 3. The Morgan fingerprint density at radius 3 is 2.40 bits per heavy atom. The van der Waals surface area contributed by atoms with Gasteiger partial charge in [0.1, 0.15) is 28.3 Å². The highest BCUT2D eigenvalue weighted by molar-refractivity contribution is 9.10. The molecule has 0 N–H and O–H groups in total. The Bertz CT molecular complexity index is 1470. The smallest absolute Gasteiger partial charge is 0.415 e. The largest absolute Gasteiger partial charge is 0.444 e. The predicted octanol–water partition coefficient (Wildman–Crippen LogP) is 9.48. The molecular formula is C31H41BBrClF3N5O2S. The SMILES string of the molecule is CCSc1nc(N2C[C@@]3(F)CC[C@@](F)([C@@H]2[C@@H](C)CB2C4CCCC2CCC4)N3C(=O)OC(C)(C)C)c2c(Br)nc(Cl)c(F)c2n1. The summed E-state index contributed by atoms with van der Waals surface area (Å²) in [7, 11) is 0. The molecule has 4 fully saturated rings. The fraction of sp³-hybridized carbons (Fsp3) is 0.742. The van der Waals surface area contributed by atoms with Crippen LogP contribution in [0, 0.1) is 11.7 Å². The zero-order chi connectivity index (χ0) is 32.5. The Morgan fingerprint density at radius 1 is 1.16 bits per heavy atom. The number of hydrogen-bond acceptors (Lipinski definition) is 7. The van der Waals surface area contributed by atoms with Crippen LogP contribution in [0.1, 0.15) is 86.0 Å². The first kappa shape index (κ1) is 33.4. The van der Waals surface area contributed by atoms with Gasteiger partial charge in [0.2, 0.25) is 11.6 Å². The molecule has 4 aliphatic heterocycles. The monoisotopic (exact) mass is 729 g/mol. The van der Waals surface area contributed by atoms with Gasteiger partial charge in [0.05, 0.1) is 18.0 Å². The number of amides is 1. The van der Waals surface area contributed by atoms with Gasteiger partial charge in [-0.3, -0.25) is 0 Å². The summed E-state index contributed by atoms with van der Waals surface area (Å²) in [5.41, 5.74) is -1.01. The van der Waals surface area contributed by atoms with E-state index in [1.807, 2.05) is 13.8 Å². The topological polar surface area (TPSA) is 71.5 Å². The van der Waals surface area contributed by atoms with Crippen LogP contribution >= 0.6 is 39.3 Å². The van der Waals surface area contributed by atoms with Crippen LogP contribution in [0.15, 0.2) is 9.76 Å². The Kier molecular flexibility index (Phi) is 9.07. The highest BCUT2D eigenvalue weighted by Crippen LogP contribution is 2.57. The first-order valence-corrected chi connectivity index (χ1v) is 18.4. The maximum Gasteiger partial charge on any atom is 0.415 e. The average molecular weight is 731 g/mol. The standard InChI is InChI=1S/C31H41BBrClF3N5O2S/c1-6-45-27-38-22-20(24(33)39-25(34)21(22)35)26(40-27)41-16-30(36)13-14-31(37,42(30)28(43)44-29(3,4)5)23(41)17(2)15-32-18-9-7-10-19(32)12-8-11-18/h17-19,23H,6-16H2,1-5H3/t17-,18?,19?,23-,30+,31-/m0/s1. The number of carbonyl (C=O) groups excluding carboxylic acids is 1. The zero-order valence-electron chi connectivity index (χ0n) is 26.5. The molecule has 246 valence electrons. The van der Waals surface area contributed by atoms with Crippen LogP contribution in [-0.2, 0) is 4.74 Å². The Hall–Kier alpha value is -1.47. The zero-order valence-corrected chi connectivity index (χ0v) is 29.7. The van der Waals surface area contributed by atoms with Gasteiger partial charge in [-0.25, -0.2) is 37.8 Å². The van der Waals surface area contributed by atoms with Crippen molar-refractivity contribution in [1.82, 2.24) is 19.9 Å². The molecule has 45 heavy (non-hydrogen) atoms. The van der Waals surface area contributed by atoms with Crippen LogP contribution in [-0.4, -0.2) is 68.2 Å². The van der Waals surface area contributed by atoms with E-state index < -0.39 is 35.1 Å². The first-order valence-electron chi connectivity index (χ1n) is 16.2. The summed E-state index contributed by atoms with van der Waals surface area (Å²) in [6.07, 6.45) is 6.48. The van der Waals surface area contributed by atoms with Crippen molar-refractivity contribution in [1.29, 1.82) is 0 Å². The molecule has 14 heteroatoms. The van der Waals surface area contributed by atoms with Crippen molar-refractivity contribution < 1.29 is 22.7 Å². The quantitative estimate of drug-likeness (QED) is 0.0965. The van der Waals surface area contributed by atoms with Gasteiger partial charge in [-0.15, -0.1) is 0 Å². The third-order valence-electron chi connectivity index (χ3n) is 10.3. The van der Waals surface area contributed by atoms with E-state index in [-0.39, 0.29) is 56.9 Å². The third-order valence-corrected chi connectivity index (χ3v) is 11.9. The maximum absolute atomic E-state index is 18.0. The molecule has 0 unspecified atom stereocenters. The number of pyridine rings is 1. The molecule has 2 aromatic rings. The van der Waals surface area contributed by atoms with Crippen molar-refractivity contribution in [2.24, 2.45) is 5.92 Å². The minimum absolute atomic E-state index is 0.0706. The molecule has 0 aromatic carbocycles. The number of ether oxygens (including phenoxy) is 1. The van der Waals surface area contributed by atoms with Gasteiger partial charge in [0, 0.05) is 12.8 Å². The van der Waals surface area contributed by atoms with E-state index in [1.54, 1.807) is 25.7 Å². The average Bonchev–Trinajstić information content (AvgIpc) is 3.13. The van der Waals surface area contributed by atoms with Crippen molar-refractivity contribution >= 4 is 68.8 Å². The van der Waals surface area contributed by atoms with Crippen molar-refractivity contribution in [2.45, 2.75) is 132 Å². The minimum Gasteiger partial charge on any atom is -0.444 e. The molecule has 4 aliphatic rings. The molecule has 6 heterocycles. The molecule has 4 saturated heterocycles. The number of fused-ring (bicyclic) bond motifs is 5. The van der Waals surface area contributed by atoms with E-state index in [4.69, 9.17) is 21.3 Å². The third kappa shape index (κ3) is 5.93. The lowest BCUT2D eigenvalue weighted by atomic mass is 9.25. The van der Waals surface area contributed by atoms with Gasteiger partial charge in [-0.1, -0.05) is 93.7 Å². The lowest BCUT2D eigenvalue weighted by Gasteiger charge is -2.55. The van der Waals surface area contributed by atoms with E-state index in [0.29, 0.717) is 24.1 Å². The molecule has 7 nitrogen and oxygen atoms in total. The number of hydrogen-bond donors (Lipinski definition) is 0. The lowest BCUT2D eigenvalue weighted by Crippen LogP contribution is -2.72. The molecule has 0 radical (unpaired) electrons. The summed E-state index contributed by atoms with van der Waals surface area (Å²) in [6, 6.07) is -0.984. The second kappa shape index (κ2) is 12.2. The number of alkyl halides is 2. The molecule has 2 aromatic heterocycles. The number of rotatable bonds is 6. The van der Waals surface area contributed by atoms with Gasteiger partial charge < -0.3 is 9.64 Å². The number of carbonyl (C=O) groups is 1. The van der Waals surface area contributed by atoms with E-state index >= 15 is 13.2 Å². The number of anilines is 1. The van der Waals surface area contributed by atoms with E-state index in [2.05, 4.69) is 25.9 Å². The molecule has 6 rings (SSSR count). The summed E-state index contributed by atoms with van der Waals surface area (Å²) in [6.45, 7) is 9.06. The molecule has 0 saturated carbocycles. The van der Waals surface area contributed by atoms with Crippen LogP contribution in [0.4, 0.5) is 23.8 Å². The number of piperazine rings is 1. The number of halogens is 5. The van der Waals surface area contributed by atoms with Gasteiger partial charge in [-0.2, -0.15) is 0 Å². The van der Waals surface area contributed by atoms with Gasteiger partial charge in [0.15, 0.2) is 16.1 Å². The van der Waals surface area contributed by atoms with Crippen molar-refractivity contribution in [3.05, 3.63) is 15.6 Å². The van der Waals surface area contributed by atoms with Crippen LogP contribution in [0.25, 0.3) is 10.9 Å². The number of nitrogens with zero attached hydrogens (tertiary/aromatic N) is 5. The van der Waals surface area contributed by atoms with Crippen molar-refractivity contribution in [3.63, 3.8) is 0 Å². The minimum atomic E-state index is -2.40. The second-order valence-electron chi connectivity index (χ2n) is 14.4. The van der Waals surface area contributed by atoms with Gasteiger partial charge >= 0.3 is 6.09 Å². The Balaban J connectivity index is 1.51. The van der Waals surface area contributed by atoms with E-state index in [0.717, 1.165) is 11.2 Å². The fourth-order valence-electron chi connectivity index (χ4n) is 8.75. The van der Waals surface area contributed by atoms with Crippen molar-refractivity contribution in [2.75, 3.05) is 17.2 Å². The Morgan fingerprint density at radius 2 is 1.80 bits per heavy atom. The summed E-state index contributed by atoms with van der Waals surface area (Å²) >= 11 is 10.9. The van der Waals surface area contributed by atoms with Crippen molar-refractivity contribution in [3.8, 4) is 0 Å². The fourth-order valence-corrected chi connectivity index (χ4v) is 10.1. The van der Waals surface area contributed by atoms with Crippen LogP contribution < -0.4 is 4.90 Å². The highest BCUT2D eigenvalue weighted by atomic mass is 79.9. The molecule has 4 atom stereocenters. The molecule has 0 aliphatic carbocycles. The maximum atomic E-state index is 18.0. The van der Waals surface area contributed by atoms with Crippen LogP contribution in [0.3, 0.4) is 0 Å². The van der Waals surface area contributed by atoms with Gasteiger partial charge in [-0.05, 0) is 48.4 Å². The normalized spacial score (nSPS) is 30.6. The van der Waals surface area contributed by atoms with Gasteiger partial charge in [0.25, 0.3) is 0 Å². The highest BCUT2D eigenvalue weighted by Gasteiger charge is 2.70. The predicted molar refractivity (Wildman–Crippen MR) is 177 cm³/mol. The van der Waals surface area contributed by atoms with Crippen LogP contribution in [0.2, 0.25) is 23.1 Å². The lowest BCUT2D eigenvalue weighted by molar-refractivity contribution is -0.138. The summed E-state index contributed by atoms with van der Waals surface area (Å²) < 4.78 is 56.5. The second-order valence-corrected chi connectivity index (χ2v) is 16.7. The summed E-state index contributed by atoms with van der Waals surface area (Å²) in [5.74, 6) is -3.96. The number of thioether (sulfide) groups is 1. The molecule has 1 amide bonds. The Labute approximate surface area is 281 Å². The molecule has 0 spiro atoms.